The van der Waals surface area contributed by atoms with Gasteiger partial charge in [0, 0.05) is 24.7 Å². The van der Waals surface area contributed by atoms with Gasteiger partial charge >= 0.3 is 0 Å². The van der Waals surface area contributed by atoms with Gasteiger partial charge in [0.1, 0.15) is 5.75 Å². The van der Waals surface area contributed by atoms with Crippen LogP contribution in [0.2, 0.25) is 0 Å². The molecule has 2 aromatic rings. The molecule has 1 heterocycles. The van der Waals surface area contributed by atoms with E-state index < -0.39 is 16.1 Å². The van der Waals surface area contributed by atoms with Crippen LogP contribution in [0.15, 0.2) is 59.5 Å². The Labute approximate surface area is 170 Å². The third-order valence-electron chi connectivity index (χ3n) is 4.95. The van der Waals surface area contributed by atoms with E-state index in [1.807, 2.05) is 30.3 Å². The second-order valence-corrected chi connectivity index (χ2v) is 9.12. The van der Waals surface area contributed by atoms with Crippen LogP contribution in [-0.2, 0) is 19.6 Å². The minimum absolute atomic E-state index is 0.191. The largest absolute Gasteiger partial charge is 0.476 e. The summed E-state index contributed by atoms with van der Waals surface area (Å²) in [4.78, 5) is 12.9. The molecule has 0 spiro atoms. The van der Waals surface area contributed by atoms with Gasteiger partial charge in [-0.15, -0.1) is 0 Å². The van der Waals surface area contributed by atoms with Crippen molar-refractivity contribution in [2.24, 2.45) is 0 Å². The highest BCUT2D eigenvalue weighted by Gasteiger charge is 2.30. The Morgan fingerprint density at radius 2 is 1.69 bits per heavy atom. The van der Waals surface area contributed by atoms with Gasteiger partial charge in [-0.3, -0.25) is 4.79 Å². The zero-order chi connectivity index (χ0) is 20.3. The first kappa shape index (κ1) is 19.9. The monoisotopic (exact) mass is 416 g/mol. The molecule has 7 nitrogen and oxygen atoms in total. The van der Waals surface area contributed by atoms with Gasteiger partial charge in [0.25, 0.3) is 5.91 Å². The van der Waals surface area contributed by atoms with E-state index in [9.17, 15) is 13.2 Å². The van der Waals surface area contributed by atoms with E-state index in [1.165, 1.54) is 16.4 Å². The molecule has 1 saturated heterocycles. The molecule has 0 radical (unpaired) electrons. The quantitative estimate of drug-likeness (QED) is 0.747. The summed E-state index contributed by atoms with van der Waals surface area (Å²) in [7, 11) is -3.56. The summed E-state index contributed by atoms with van der Waals surface area (Å²) in [5.41, 5.74) is 0.746. The van der Waals surface area contributed by atoms with E-state index in [1.54, 1.807) is 12.1 Å². The molecule has 2 aliphatic rings. The number of ether oxygens (including phenoxy) is 2. The fourth-order valence-electron chi connectivity index (χ4n) is 3.17. The first-order chi connectivity index (χ1) is 14.0. The van der Waals surface area contributed by atoms with Gasteiger partial charge in [-0.1, -0.05) is 30.3 Å². The molecular weight excluding hydrogens is 392 g/mol. The van der Waals surface area contributed by atoms with Crippen molar-refractivity contribution in [2.75, 3.05) is 26.3 Å². The van der Waals surface area contributed by atoms with Gasteiger partial charge in [0.05, 0.1) is 18.1 Å². The molecule has 4 rings (SSSR count). The number of carbonyl (C=O) groups excluding carboxylic acids is 1. The van der Waals surface area contributed by atoms with Crippen molar-refractivity contribution in [3.8, 4) is 5.75 Å². The van der Waals surface area contributed by atoms with Gasteiger partial charge < -0.3 is 14.8 Å². The van der Waals surface area contributed by atoms with Gasteiger partial charge in [-0.05, 0) is 37.1 Å². The first-order valence-electron chi connectivity index (χ1n) is 9.74. The standard InChI is InChI=1S/C21H24N2O5S/c24-21(22-17-6-7-17)20(16-4-2-1-3-5-16)28-18-8-10-19(11-9-18)29(25,26)23-12-14-27-15-13-23/h1-5,8-11,17,20H,6-7,12-15H2,(H,22,24)/t20-/m0/s1. The fourth-order valence-corrected chi connectivity index (χ4v) is 4.58. The maximum absolute atomic E-state index is 12.7. The molecule has 0 bridgehead atoms. The van der Waals surface area contributed by atoms with Crippen LogP contribution in [0, 0.1) is 0 Å². The number of hydrogen-bond acceptors (Lipinski definition) is 5. The van der Waals surface area contributed by atoms with Crippen LogP contribution in [-0.4, -0.2) is 51.0 Å². The average molecular weight is 416 g/mol. The SMILES string of the molecule is O=C(NC1CC1)[C@@H](Oc1ccc(S(=O)(=O)N2CCOCC2)cc1)c1ccccc1. The molecule has 29 heavy (non-hydrogen) atoms. The molecule has 0 unspecified atom stereocenters. The topological polar surface area (TPSA) is 84.9 Å². The highest BCUT2D eigenvalue weighted by atomic mass is 32.2. The van der Waals surface area contributed by atoms with E-state index in [-0.39, 0.29) is 16.8 Å². The Morgan fingerprint density at radius 1 is 1.03 bits per heavy atom. The van der Waals surface area contributed by atoms with Gasteiger partial charge in [-0.25, -0.2) is 8.42 Å². The second-order valence-electron chi connectivity index (χ2n) is 7.18. The number of sulfonamides is 1. The number of rotatable bonds is 7. The Kier molecular flexibility index (Phi) is 5.84. The number of nitrogens with zero attached hydrogens (tertiary/aromatic N) is 1. The Morgan fingerprint density at radius 3 is 2.31 bits per heavy atom. The van der Waals surface area contributed by atoms with Crippen LogP contribution in [0.5, 0.6) is 5.75 Å². The van der Waals surface area contributed by atoms with Gasteiger partial charge in [-0.2, -0.15) is 4.31 Å². The van der Waals surface area contributed by atoms with E-state index in [4.69, 9.17) is 9.47 Å². The number of carbonyl (C=O) groups is 1. The highest BCUT2D eigenvalue weighted by molar-refractivity contribution is 7.89. The van der Waals surface area contributed by atoms with Crippen molar-refractivity contribution in [2.45, 2.75) is 29.9 Å². The van der Waals surface area contributed by atoms with E-state index in [2.05, 4.69) is 5.32 Å². The van der Waals surface area contributed by atoms with Crippen molar-refractivity contribution >= 4 is 15.9 Å². The number of hydrogen-bond donors (Lipinski definition) is 1. The lowest BCUT2D eigenvalue weighted by atomic mass is 10.1. The van der Waals surface area contributed by atoms with Crippen LogP contribution >= 0.6 is 0 Å². The number of morpholine rings is 1. The lowest BCUT2D eigenvalue weighted by Gasteiger charge is -2.26. The average Bonchev–Trinajstić information content (AvgIpc) is 3.57. The maximum Gasteiger partial charge on any atom is 0.266 e. The summed E-state index contributed by atoms with van der Waals surface area (Å²) >= 11 is 0. The lowest BCUT2D eigenvalue weighted by Crippen LogP contribution is -2.40. The Balaban J connectivity index is 1.51. The molecular formula is C21H24N2O5S. The molecule has 2 fully saturated rings. The van der Waals surface area contributed by atoms with Crippen LogP contribution in [0.1, 0.15) is 24.5 Å². The zero-order valence-corrected chi connectivity index (χ0v) is 16.8. The summed E-state index contributed by atoms with van der Waals surface area (Å²) in [6, 6.07) is 15.7. The molecule has 1 N–H and O–H groups in total. The minimum atomic E-state index is -3.56. The number of nitrogens with one attached hydrogen (secondary N) is 1. The molecule has 2 aromatic carbocycles. The van der Waals surface area contributed by atoms with Crippen LogP contribution < -0.4 is 10.1 Å². The van der Waals surface area contributed by atoms with Crippen LogP contribution in [0.25, 0.3) is 0 Å². The third kappa shape index (κ3) is 4.77. The van der Waals surface area contributed by atoms with Crippen molar-refractivity contribution in [3.05, 3.63) is 60.2 Å². The smallest absolute Gasteiger partial charge is 0.266 e. The van der Waals surface area contributed by atoms with Crippen molar-refractivity contribution in [1.29, 1.82) is 0 Å². The Hall–Kier alpha value is -2.42. The van der Waals surface area contributed by atoms with E-state index >= 15 is 0 Å². The molecule has 1 aliphatic carbocycles. The second kappa shape index (κ2) is 8.52. The zero-order valence-electron chi connectivity index (χ0n) is 16.0. The fraction of sp³-hybridized carbons (Fsp3) is 0.381. The highest BCUT2D eigenvalue weighted by Crippen LogP contribution is 2.27. The molecule has 1 atom stereocenters. The predicted molar refractivity (Wildman–Crippen MR) is 107 cm³/mol. The van der Waals surface area contributed by atoms with Crippen LogP contribution in [0.3, 0.4) is 0 Å². The lowest BCUT2D eigenvalue weighted by molar-refractivity contribution is -0.128. The summed E-state index contributed by atoms with van der Waals surface area (Å²) in [6.07, 6.45) is 1.18. The summed E-state index contributed by atoms with van der Waals surface area (Å²) < 4.78 is 38.1. The normalized spacial score (nSPS) is 18.8. The molecule has 1 saturated carbocycles. The van der Waals surface area contributed by atoms with Gasteiger partial charge in [0.15, 0.2) is 0 Å². The summed E-state index contributed by atoms with van der Waals surface area (Å²) in [5, 5.41) is 2.97. The van der Waals surface area contributed by atoms with Crippen molar-refractivity contribution in [1.82, 2.24) is 9.62 Å². The van der Waals surface area contributed by atoms with Crippen molar-refractivity contribution < 1.29 is 22.7 Å². The van der Waals surface area contributed by atoms with Gasteiger partial charge in [0.2, 0.25) is 16.1 Å². The van der Waals surface area contributed by atoms with Crippen LogP contribution in [0.4, 0.5) is 0 Å². The molecule has 154 valence electrons. The molecule has 1 aliphatic heterocycles. The first-order valence-corrected chi connectivity index (χ1v) is 11.2. The maximum atomic E-state index is 12.7. The van der Waals surface area contributed by atoms with E-state index in [0.717, 1.165) is 18.4 Å². The molecule has 0 aromatic heterocycles. The Bertz CT molecular complexity index is 937. The summed E-state index contributed by atoms with van der Waals surface area (Å²) in [5.74, 6) is 0.245. The number of benzene rings is 2. The summed E-state index contributed by atoms with van der Waals surface area (Å²) in [6.45, 7) is 1.49. The molecule has 1 amide bonds. The van der Waals surface area contributed by atoms with Crippen molar-refractivity contribution in [3.63, 3.8) is 0 Å². The molecule has 8 heteroatoms. The number of amides is 1. The predicted octanol–water partition coefficient (Wildman–Crippen LogP) is 2.11. The minimum Gasteiger partial charge on any atom is -0.476 e. The third-order valence-corrected chi connectivity index (χ3v) is 6.86. The van der Waals surface area contributed by atoms with E-state index in [0.29, 0.717) is 32.1 Å².